The van der Waals surface area contributed by atoms with Crippen molar-refractivity contribution in [2.75, 3.05) is 4.90 Å². The third-order valence-electron chi connectivity index (χ3n) is 5.49. The van der Waals surface area contributed by atoms with Crippen molar-refractivity contribution in [3.63, 3.8) is 0 Å². The van der Waals surface area contributed by atoms with Gasteiger partial charge in [-0.05, 0) is 50.2 Å². The summed E-state index contributed by atoms with van der Waals surface area (Å²) >= 11 is 0. The lowest BCUT2D eigenvalue weighted by molar-refractivity contribution is 0.753. The molecule has 0 saturated carbocycles. The molecular formula is C26H23N5. The van der Waals surface area contributed by atoms with E-state index in [1.54, 1.807) is 0 Å². The number of rotatable bonds is 5. The first-order chi connectivity index (χ1) is 15.2. The van der Waals surface area contributed by atoms with Crippen LogP contribution in [-0.2, 0) is 13.1 Å². The minimum absolute atomic E-state index is 0.641. The predicted octanol–water partition coefficient (Wildman–Crippen LogP) is 5.40. The Balaban J connectivity index is 1.54. The molecule has 152 valence electrons. The van der Waals surface area contributed by atoms with Crippen molar-refractivity contribution in [3.8, 4) is 0 Å². The van der Waals surface area contributed by atoms with Gasteiger partial charge in [-0.15, -0.1) is 0 Å². The van der Waals surface area contributed by atoms with Crippen LogP contribution in [0, 0.1) is 13.8 Å². The Morgan fingerprint density at radius 1 is 0.516 bits per heavy atom. The number of fused-ring (bicyclic) bond motifs is 2. The first-order valence-corrected chi connectivity index (χ1v) is 10.4. The number of para-hydroxylation sites is 5. The molecule has 0 aliphatic heterocycles. The highest BCUT2D eigenvalue weighted by atomic mass is 15.1. The zero-order chi connectivity index (χ0) is 21.2. The number of anilines is 1. The van der Waals surface area contributed by atoms with Crippen LogP contribution in [0.5, 0.6) is 0 Å². The molecule has 0 amide bonds. The fraction of sp³-hybridized carbons (Fsp3) is 0.154. The summed E-state index contributed by atoms with van der Waals surface area (Å²) in [6.45, 7) is 5.33. The highest BCUT2D eigenvalue weighted by Crippen LogP contribution is 2.23. The fourth-order valence-corrected chi connectivity index (χ4v) is 3.79. The van der Waals surface area contributed by atoms with Crippen LogP contribution in [0.2, 0.25) is 0 Å². The van der Waals surface area contributed by atoms with Crippen LogP contribution >= 0.6 is 0 Å². The monoisotopic (exact) mass is 405 g/mol. The van der Waals surface area contributed by atoms with Gasteiger partial charge in [0, 0.05) is 5.69 Å². The van der Waals surface area contributed by atoms with Crippen molar-refractivity contribution >= 4 is 27.8 Å². The Bertz CT molecular complexity index is 1280. The maximum atomic E-state index is 4.91. The van der Waals surface area contributed by atoms with E-state index in [2.05, 4.69) is 29.2 Å². The van der Waals surface area contributed by atoms with Crippen molar-refractivity contribution in [3.05, 3.63) is 102 Å². The summed E-state index contributed by atoms with van der Waals surface area (Å²) < 4.78 is 0. The highest BCUT2D eigenvalue weighted by Gasteiger charge is 2.15. The largest absolute Gasteiger partial charge is 0.360 e. The molecule has 2 aromatic heterocycles. The third kappa shape index (κ3) is 3.94. The second-order valence-corrected chi connectivity index (χ2v) is 7.68. The average Bonchev–Trinajstić information content (AvgIpc) is 2.80. The van der Waals surface area contributed by atoms with Crippen LogP contribution in [-0.4, -0.2) is 19.9 Å². The number of hydrogen-bond acceptors (Lipinski definition) is 5. The van der Waals surface area contributed by atoms with Gasteiger partial charge in [-0.2, -0.15) is 0 Å². The lowest BCUT2D eigenvalue weighted by Gasteiger charge is -2.25. The Kier molecular flexibility index (Phi) is 5.00. The molecule has 3 aromatic carbocycles. The average molecular weight is 406 g/mol. The molecule has 0 radical (unpaired) electrons. The van der Waals surface area contributed by atoms with E-state index in [0.29, 0.717) is 13.1 Å². The van der Waals surface area contributed by atoms with Crippen molar-refractivity contribution in [2.45, 2.75) is 26.9 Å². The minimum atomic E-state index is 0.641. The summed E-state index contributed by atoms with van der Waals surface area (Å²) in [5.41, 5.74) is 8.61. The molecule has 5 aromatic rings. The lowest BCUT2D eigenvalue weighted by atomic mass is 10.2. The van der Waals surface area contributed by atoms with Gasteiger partial charge in [-0.1, -0.05) is 42.5 Å². The summed E-state index contributed by atoms with van der Waals surface area (Å²) in [4.78, 5) is 21.7. The van der Waals surface area contributed by atoms with Gasteiger partial charge in [0.1, 0.15) is 0 Å². The van der Waals surface area contributed by atoms with Crippen LogP contribution in [0.1, 0.15) is 22.8 Å². The molecule has 0 saturated heterocycles. The van der Waals surface area contributed by atoms with Crippen LogP contribution in [0.4, 0.5) is 5.69 Å². The summed E-state index contributed by atoms with van der Waals surface area (Å²) in [5.74, 6) is 0. The van der Waals surface area contributed by atoms with Gasteiger partial charge in [0.05, 0.1) is 57.9 Å². The SMILES string of the molecule is Cc1nc2ccccc2nc1CN(Cc1nc2ccccc2nc1C)c1ccccc1. The summed E-state index contributed by atoms with van der Waals surface area (Å²) in [7, 11) is 0. The van der Waals surface area contributed by atoms with E-state index in [1.165, 1.54) is 0 Å². The molecule has 2 heterocycles. The second kappa shape index (κ2) is 8.11. The van der Waals surface area contributed by atoms with E-state index < -0.39 is 0 Å². The van der Waals surface area contributed by atoms with Crippen molar-refractivity contribution < 1.29 is 0 Å². The van der Waals surface area contributed by atoms with Crippen molar-refractivity contribution in [1.82, 2.24) is 19.9 Å². The van der Waals surface area contributed by atoms with E-state index in [-0.39, 0.29) is 0 Å². The van der Waals surface area contributed by atoms with Gasteiger partial charge < -0.3 is 4.90 Å². The molecule has 31 heavy (non-hydrogen) atoms. The number of nitrogens with zero attached hydrogens (tertiary/aromatic N) is 5. The number of benzene rings is 3. The molecule has 5 nitrogen and oxygen atoms in total. The summed E-state index contributed by atoms with van der Waals surface area (Å²) in [5, 5.41) is 0. The highest BCUT2D eigenvalue weighted by molar-refractivity contribution is 5.75. The molecule has 5 heteroatoms. The maximum absolute atomic E-state index is 4.91. The Hall–Kier alpha value is -3.86. The predicted molar refractivity (Wildman–Crippen MR) is 125 cm³/mol. The third-order valence-corrected chi connectivity index (χ3v) is 5.49. The Labute approximate surface area is 181 Å². The van der Waals surface area contributed by atoms with Gasteiger partial charge in [-0.25, -0.2) is 19.9 Å². The molecular weight excluding hydrogens is 382 g/mol. The first kappa shape index (κ1) is 19.1. The number of aryl methyl sites for hydroxylation is 2. The smallest absolute Gasteiger partial charge is 0.0891 e. The van der Waals surface area contributed by atoms with Crippen LogP contribution < -0.4 is 4.90 Å². The van der Waals surface area contributed by atoms with Crippen LogP contribution in [0.25, 0.3) is 22.1 Å². The Morgan fingerprint density at radius 2 is 0.903 bits per heavy atom. The lowest BCUT2D eigenvalue weighted by Crippen LogP contribution is -2.25. The first-order valence-electron chi connectivity index (χ1n) is 10.4. The summed E-state index contributed by atoms with van der Waals surface area (Å²) in [6, 6.07) is 26.4. The Morgan fingerprint density at radius 3 is 1.35 bits per heavy atom. The summed E-state index contributed by atoms with van der Waals surface area (Å²) in [6.07, 6.45) is 0. The second-order valence-electron chi connectivity index (χ2n) is 7.68. The molecule has 0 aliphatic rings. The minimum Gasteiger partial charge on any atom is -0.360 e. The van der Waals surface area contributed by atoms with E-state index >= 15 is 0 Å². The fourth-order valence-electron chi connectivity index (χ4n) is 3.79. The van der Waals surface area contributed by atoms with Crippen molar-refractivity contribution in [2.24, 2.45) is 0 Å². The van der Waals surface area contributed by atoms with Crippen molar-refractivity contribution in [1.29, 1.82) is 0 Å². The molecule has 0 unspecified atom stereocenters. The van der Waals surface area contributed by atoms with Gasteiger partial charge >= 0.3 is 0 Å². The topological polar surface area (TPSA) is 54.8 Å². The molecule has 0 aliphatic carbocycles. The molecule has 0 fully saturated rings. The maximum Gasteiger partial charge on any atom is 0.0891 e. The van der Waals surface area contributed by atoms with E-state index in [4.69, 9.17) is 19.9 Å². The van der Waals surface area contributed by atoms with Gasteiger partial charge in [0.2, 0.25) is 0 Å². The van der Waals surface area contributed by atoms with Gasteiger partial charge in [-0.3, -0.25) is 0 Å². The van der Waals surface area contributed by atoms with E-state index in [9.17, 15) is 0 Å². The van der Waals surface area contributed by atoms with Gasteiger partial charge in [0.25, 0.3) is 0 Å². The van der Waals surface area contributed by atoms with E-state index in [0.717, 1.165) is 50.5 Å². The molecule has 0 N–H and O–H groups in total. The molecule has 0 bridgehead atoms. The van der Waals surface area contributed by atoms with Gasteiger partial charge in [0.15, 0.2) is 0 Å². The standard InChI is InChI=1S/C26H23N5/c1-18-25(29-23-14-8-6-12-21(23)27-18)16-31(20-10-4-3-5-11-20)17-26-19(2)28-22-13-7-9-15-24(22)30-26/h3-15H,16-17H2,1-2H3. The zero-order valence-corrected chi connectivity index (χ0v) is 17.7. The molecule has 5 rings (SSSR count). The van der Waals surface area contributed by atoms with Crippen LogP contribution in [0.3, 0.4) is 0 Å². The molecule has 0 atom stereocenters. The normalized spacial score (nSPS) is 11.2. The molecule has 0 spiro atoms. The number of hydrogen-bond donors (Lipinski definition) is 0. The quantitative estimate of drug-likeness (QED) is 0.392. The van der Waals surface area contributed by atoms with Crippen LogP contribution in [0.15, 0.2) is 78.9 Å². The number of aromatic nitrogens is 4. The van der Waals surface area contributed by atoms with E-state index in [1.807, 2.05) is 68.4 Å². The zero-order valence-electron chi connectivity index (χ0n) is 17.7.